The van der Waals surface area contributed by atoms with E-state index in [1.807, 2.05) is 30.1 Å². The molecule has 8 heteroatoms. The van der Waals surface area contributed by atoms with Crippen molar-refractivity contribution in [3.63, 3.8) is 0 Å². The maximum absolute atomic E-state index is 12.6. The van der Waals surface area contributed by atoms with Crippen LogP contribution in [0, 0.1) is 0 Å². The molecular weight excluding hydrogens is 398 g/mol. The van der Waals surface area contributed by atoms with Crippen LogP contribution < -0.4 is 5.32 Å². The van der Waals surface area contributed by atoms with Crippen LogP contribution in [0.15, 0.2) is 57.8 Å². The summed E-state index contributed by atoms with van der Waals surface area (Å²) < 4.78 is 29.1. The van der Waals surface area contributed by atoms with Crippen molar-refractivity contribution < 1.29 is 13.2 Å². The Morgan fingerprint density at radius 2 is 2.00 bits per heavy atom. The number of amides is 1. The highest BCUT2D eigenvalue weighted by molar-refractivity contribution is 7.90. The number of halogens is 1. The maximum Gasteiger partial charge on any atom is 0.284 e. The Morgan fingerprint density at radius 3 is 2.71 bits per heavy atom. The van der Waals surface area contributed by atoms with Crippen LogP contribution in [-0.2, 0) is 21.2 Å². The third-order valence-electron chi connectivity index (χ3n) is 4.51. The van der Waals surface area contributed by atoms with Gasteiger partial charge in [-0.1, -0.05) is 29.8 Å². The van der Waals surface area contributed by atoms with Crippen LogP contribution in [0.1, 0.15) is 24.8 Å². The lowest BCUT2D eigenvalue weighted by Gasteiger charge is -2.11. The number of anilines is 1. The first-order valence-electron chi connectivity index (χ1n) is 9.03. The number of sulfonamides is 1. The van der Waals surface area contributed by atoms with Crippen molar-refractivity contribution in [1.29, 1.82) is 0 Å². The lowest BCUT2D eigenvalue weighted by atomic mass is 10.1. The van der Waals surface area contributed by atoms with Crippen molar-refractivity contribution in [2.24, 2.45) is 4.40 Å². The number of likely N-dealkylation sites (tertiary alicyclic amines) is 1. The topological polar surface area (TPSA) is 78.8 Å². The van der Waals surface area contributed by atoms with Crippen LogP contribution in [0.2, 0.25) is 5.02 Å². The largest absolute Gasteiger partial charge is 0.362 e. The van der Waals surface area contributed by atoms with Gasteiger partial charge in [-0.25, -0.2) is 0 Å². The molecule has 1 heterocycles. The molecule has 2 aromatic rings. The zero-order valence-corrected chi connectivity index (χ0v) is 17.1. The zero-order chi connectivity index (χ0) is 20.1. The van der Waals surface area contributed by atoms with Gasteiger partial charge in [-0.2, -0.15) is 8.42 Å². The number of benzene rings is 2. The summed E-state index contributed by atoms with van der Waals surface area (Å²) >= 11 is 5.95. The first-order chi connectivity index (χ1) is 13.3. The molecule has 1 aliphatic rings. The van der Waals surface area contributed by atoms with Gasteiger partial charge in [-0.05, 0) is 48.7 Å². The van der Waals surface area contributed by atoms with Crippen LogP contribution in [0.25, 0.3) is 0 Å². The molecule has 1 aliphatic heterocycles. The lowest BCUT2D eigenvalue weighted by Crippen LogP contribution is -2.20. The van der Waals surface area contributed by atoms with Crippen LogP contribution >= 0.6 is 11.6 Å². The molecule has 0 radical (unpaired) electrons. The molecule has 0 unspecified atom stereocenters. The van der Waals surface area contributed by atoms with Crippen molar-refractivity contribution in [3.05, 3.63) is 59.1 Å². The normalized spacial score (nSPS) is 15.8. The molecule has 0 aliphatic carbocycles. The third-order valence-corrected chi connectivity index (χ3v) is 6.04. The van der Waals surface area contributed by atoms with Gasteiger partial charge in [0.1, 0.15) is 5.84 Å². The van der Waals surface area contributed by atoms with Gasteiger partial charge in [0.05, 0.1) is 4.90 Å². The number of nitrogens with zero attached hydrogens (tertiary/aromatic N) is 2. The highest BCUT2D eigenvalue weighted by Gasteiger charge is 2.20. The molecule has 1 saturated heterocycles. The molecule has 148 valence electrons. The summed E-state index contributed by atoms with van der Waals surface area (Å²) in [4.78, 5) is 14.1. The minimum Gasteiger partial charge on any atom is -0.362 e. The van der Waals surface area contributed by atoms with E-state index in [0.29, 0.717) is 29.4 Å². The van der Waals surface area contributed by atoms with E-state index < -0.39 is 10.0 Å². The van der Waals surface area contributed by atoms with E-state index in [0.717, 1.165) is 18.5 Å². The summed E-state index contributed by atoms with van der Waals surface area (Å²) in [6.45, 7) is 0.803. The number of carbonyl (C=O) groups excluding carboxylic acids is 1. The van der Waals surface area contributed by atoms with E-state index in [1.165, 1.54) is 12.1 Å². The molecule has 1 N–H and O–H groups in total. The predicted molar refractivity (Wildman–Crippen MR) is 111 cm³/mol. The average molecular weight is 420 g/mol. The second-order valence-corrected chi connectivity index (χ2v) is 8.75. The summed E-state index contributed by atoms with van der Waals surface area (Å²) in [5.41, 5.74) is 1.40. The van der Waals surface area contributed by atoms with E-state index in [4.69, 9.17) is 11.6 Å². The van der Waals surface area contributed by atoms with E-state index in [2.05, 4.69) is 9.71 Å². The van der Waals surface area contributed by atoms with Crippen molar-refractivity contribution >= 4 is 39.1 Å². The molecule has 0 saturated carbocycles. The molecule has 6 nitrogen and oxygen atoms in total. The summed E-state index contributed by atoms with van der Waals surface area (Å²) in [7, 11) is -1.98. The SMILES string of the molecule is CN1CCCC1=NS(=O)(=O)c1cccc(NC(=O)CCc2cccc(Cl)c2)c1. The van der Waals surface area contributed by atoms with Gasteiger partial charge in [-0.15, -0.1) is 4.40 Å². The van der Waals surface area contributed by atoms with Crippen molar-refractivity contribution in [2.75, 3.05) is 18.9 Å². The molecule has 0 atom stereocenters. The fourth-order valence-corrected chi connectivity index (χ4v) is 4.36. The fraction of sp³-hybridized carbons (Fsp3) is 0.300. The van der Waals surface area contributed by atoms with Gasteiger partial charge in [0, 0.05) is 37.1 Å². The van der Waals surface area contributed by atoms with Gasteiger partial charge in [0.15, 0.2) is 0 Å². The first-order valence-corrected chi connectivity index (χ1v) is 10.8. The summed E-state index contributed by atoms with van der Waals surface area (Å²) in [6, 6.07) is 13.5. The molecule has 0 bridgehead atoms. The number of hydrogen-bond acceptors (Lipinski definition) is 3. The molecular formula is C20H22ClN3O3S. The second kappa shape index (κ2) is 8.75. The Kier molecular flexibility index (Phi) is 6.36. The number of rotatable bonds is 6. The van der Waals surface area contributed by atoms with Gasteiger partial charge in [0.25, 0.3) is 10.0 Å². The Balaban J connectivity index is 1.66. The molecule has 3 rings (SSSR count). The highest BCUT2D eigenvalue weighted by atomic mass is 35.5. The monoisotopic (exact) mass is 419 g/mol. The molecule has 1 fully saturated rings. The van der Waals surface area contributed by atoms with Gasteiger partial charge >= 0.3 is 0 Å². The second-order valence-electron chi connectivity index (χ2n) is 6.71. The number of carbonyl (C=O) groups is 1. The van der Waals surface area contributed by atoms with Crippen molar-refractivity contribution in [1.82, 2.24) is 4.90 Å². The van der Waals surface area contributed by atoms with Gasteiger partial charge < -0.3 is 10.2 Å². The maximum atomic E-state index is 12.6. The number of aryl methyl sites for hydroxylation is 1. The fourth-order valence-electron chi connectivity index (χ4n) is 3.01. The molecule has 1 amide bonds. The van der Waals surface area contributed by atoms with Crippen molar-refractivity contribution in [3.8, 4) is 0 Å². The van der Waals surface area contributed by atoms with Crippen LogP contribution in [0.5, 0.6) is 0 Å². The third kappa shape index (κ3) is 5.33. The smallest absolute Gasteiger partial charge is 0.284 e. The molecule has 2 aromatic carbocycles. The number of amidine groups is 1. The summed E-state index contributed by atoms with van der Waals surface area (Å²) in [6.07, 6.45) is 2.36. The first kappa shape index (κ1) is 20.4. The minimum absolute atomic E-state index is 0.0629. The van der Waals surface area contributed by atoms with E-state index in [9.17, 15) is 13.2 Å². The Labute approximate surface area is 170 Å². The summed E-state index contributed by atoms with van der Waals surface area (Å²) in [5, 5.41) is 3.38. The van der Waals surface area contributed by atoms with Crippen molar-refractivity contribution in [2.45, 2.75) is 30.6 Å². The van der Waals surface area contributed by atoms with Gasteiger partial charge in [0.2, 0.25) is 5.91 Å². The quantitative estimate of drug-likeness (QED) is 0.773. The Hall–Kier alpha value is -2.38. The van der Waals surface area contributed by atoms with E-state index in [1.54, 1.807) is 18.2 Å². The van der Waals surface area contributed by atoms with Crippen LogP contribution in [0.4, 0.5) is 5.69 Å². The van der Waals surface area contributed by atoms with Crippen LogP contribution in [-0.4, -0.2) is 38.7 Å². The van der Waals surface area contributed by atoms with E-state index in [-0.39, 0.29) is 17.2 Å². The van der Waals surface area contributed by atoms with E-state index >= 15 is 0 Å². The standard InChI is InChI=1S/C20H22ClN3O3S/c1-24-12-4-9-19(24)23-28(26,27)18-8-3-7-17(14-18)22-20(25)11-10-15-5-2-6-16(21)13-15/h2-3,5-8,13-14H,4,9-12H2,1H3,(H,22,25). The Bertz CT molecular complexity index is 1010. The molecule has 28 heavy (non-hydrogen) atoms. The lowest BCUT2D eigenvalue weighted by molar-refractivity contribution is -0.116. The summed E-state index contributed by atoms with van der Waals surface area (Å²) in [5.74, 6) is 0.368. The van der Waals surface area contributed by atoms with Gasteiger partial charge in [-0.3, -0.25) is 4.79 Å². The Morgan fingerprint density at radius 1 is 1.21 bits per heavy atom. The number of nitrogens with one attached hydrogen (secondary N) is 1. The molecule has 0 aromatic heterocycles. The minimum atomic E-state index is -3.81. The average Bonchev–Trinajstić information content (AvgIpc) is 3.04. The predicted octanol–water partition coefficient (Wildman–Crippen LogP) is 3.72. The zero-order valence-electron chi connectivity index (χ0n) is 15.6. The highest BCUT2D eigenvalue weighted by Crippen LogP contribution is 2.20. The number of hydrogen-bond donors (Lipinski definition) is 1. The molecule has 0 spiro atoms. The van der Waals surface area contributed by atoms with Crippen LogP contribution in [0.3, 0.4) is 0 Å².